The van der Waals surface area contributed by atoms with Crippen molar-refractivity contribution in [1.82, 2.24) is 0 Å². The zero-order chi connectivity index (χ0) is 85.1. The molecular formula is C128H88. The number of benzene rings is 20. The second kappa shape index (κ2) is 29.0. The molecule has 128 heavy (non-hydrogen) atoms. The smallest absolute Gasteiger partial charge is 0.0620 e. The fraction of sp³-hybridized carbons (Fsp3) is 0.0625. The summed E-state index contributed by atoms with van der Waals surface area (Å²) in [5.41, 5.74) is 58.6. The van der Waals surface area contributed by atoms with Crippen LogP contribution in [0.4, 0.5) is 0 Å². The highest BCUT2D eigenvalue weighted by atomic mass is 14.6. The summed E-state index contributed by atoms with van der Waals surface area (Å²) < 4.78 is 0. The Morgan fingerprint density at radius 3 is 0.664 bits per heavy atom. The highest BCUT2D eigenvalue weighted by Gasteiger charge is 2.57. The van der Waals surface area contributed by atoms with Crippen molar-refractivity contribution in [3.05, 3.63) is 572 Å². The second-order valence-corrected chi connectivity index (χ2v) is 35.9. The zero-order valence-electron chi connectivity index (χ0n) is 71.9. The minimum absolute atomic E-state index is 0.264. The van der Waals surface area contributed by atoms with Gasteiger partial charge in [-0.2, -0.15) is 0 Å². The topological polar surface area (TPSA) is 0 Å². The maximum Gasteiger partial charge on any atom is 0.0725 e. The summed E-state index contributed by atoms with van der Waals surface area (Å²) in [4.78, 5) is 0. The lowest BCUT2D eigenvalue weighted by Gasteiger charge is -2.30. The Morgan fingerprint density at radius 2 is 0.336 bits per heavy atom. The van der Waals surface area contributed by atoms with Crippen LogP contribution in [-0.2, 0) is 21.7 Å². The number of aryl methyl sites for hydroxylation is 4. The van der Waals surface area contributed by atoms with E-state index < -0.39 is 0 Å². The molecule has 8 aliphatic rings. The van der Waals surface area contributed by atoms with Gasteiger partial charge in [0.05, 0.1) is 21.7 Å². The van der Waals surface area contributed by atoms with Crippen LogP contribution in [-0.4, -0.2) is 0 Å². The van der Waals surface area contributed by atoms with E-state index in [9.17, 15) is 0 Å². The van der Waals surface area contributed by atoms with Crippen molar-refractivity contribution in [2.45, 2.75) is 49.4 Å². The van der Waals surface area contributed by atoms with E-state index >= 15 is 0 Å². The van der Waals surface area contributed by atoms with Gasteiger partial charge in [0.15, 0.2) is 0 Å². The first kappa shape index (κ1) is 75.0. The molecule has 0 aromatic heterocycles. The van der Waals surface area contributed by atoms with E-state index in [1.807, 2.05) is 0 Å². The molecule has 600 valence electrons. The highest BCUT2D eigenvalue weighted by Crippen LogP contribution is 2.69. The number of hydrogen-bond donors (Lipinski definition) is 0. The van der Waals surface area contributed by atoms with Crippen LogP contribution in [0.5, 0.6) is 0 Å². The van der Waals surface area contributed by atoms with Crippen molar-refractivity contribution < 1.29 is 0 Å². The first-order valence-electron chi connectivity index (χ1n) is 45.2. The van der Waals surface area contributed by atoms with Crippen LogP contribution < -0.4 is 0 Å². The quantitative estimate of drug-likeness (QED) is 0.165. The molecule has 0 N–H and O–H groups in total. The van der Waals surface area contributed by atoms with E-state index in [1.165, 1.54) is 245 Å². The maximum atomic E-state index is 2.45. The summed E-state index contributed by atoms with van der Waals surface area (Å²) in [7, 11) is 0. The monoisotopic (exact) mass is 1620 g/mol. The van der Waals surface area contributed by atoms with Crippen LogP contribution in [0.15, 0.2) is 461 Å². The zero-order valence-corrected chi connectivity index (χ0v) is 71.9. The molecule has 0 bridgehead atoms. The maximum absolute atomic E-state index is 2.45. The third-order valence-electron chi connectivity index (χ3n) is 29.6. The molecule has 0 nitrogen and oxygen atoms in total. The normalized spacial score (nSPS) is 14.0. The van der Waals surface area contributed by atoms with E-state index in [-0.39, 0.29) is 21.7 Å². The van der Waals surface area contributed by atoms with Crippen LogP contribution in [0.1, 0.15) is 111 Å². The first-order valence-corrected chi connectivity index (χ1v) is 45.2. The van der Waals surface area contributed by atoms with Crippen LogP contribution >= 0.6 is 0 Å². The van der Waals surface area contributed by atoms with E-state index in [0.717, 1.165) is 0 Å². The lowest BCUT2D eigenvalue weighted by atomic mass is 9.70. The predicted molar refractivity (Wildman–Crippen MR) is 532 cm³/mol. The van der Waals surface area contributed by atoms with Crippen molar-refractivity contribution in [1.29, 1.82) is 0 Å². The Labute approximate surface area is 749 Å². The summed E-state index contributed by atoms with van der Waals surface area (Å²) in [6.07, 6.45) is 0. The molecule has 0 unspecified atom stereocenters. The highest BCUT2D eigenvalue weighted by molar-refractivity contribution is 6.05. The van der Waals surface area contributed by atoms with Crippen molar-refractivity contribution >= 4 is 0 Å². The van der Waals surface area contributed by atoms with Crippen molar-refractivity contribution in [3.8, 4) is 134 Å². The minimum atomic E-state index is -0.266. The average Bonchev–Trinajstić information content (AvgIpc) is 1.39. The van der Waals surface area contributed by atoms with E-state index in [4.69, 9.17) is 0 Å². The van der Waals surface area contributed by atoms with Gasteiger partial charge in [-0.3, -0.25) is 0 Å². The molecule has 0 saturated carbocycles. The van der Waals surface area contributed by atoms with Gasteiger partial charge < -0.3 is 0 Å². The molecule has 0 radical (unpaired) electrons. The van der Waals surface area contributed by atoms with Crippen LogP contribution in [0, 0.1) is 27.7 Å². The summed E-state index contributed by atoms with van der Waals surface area (Å²) in [6.45, 7) is 8.74. The van der Waals surface area contributed by atoms with Crippen LogP contribution in [0.25, 0.3) is 134 Å². The Morgan fingerprint density at radius 1 is 0.117 bits per heavy atom. The fourth-order valence-corrected chi connectivity index (χ4v) is 24.7. The minimum Gasteiger partial charge on any atom is -0.0620 e. The number of hydrogen-bond acceptors (Lipinski definition) is 0. The molecule has 0 heterocycles. The first-order chi connectivity index (χ1) is 63.2. The molecule has 0 amide bonds. The Hall–Kier alpha value is -15.6. The van der Waals surface area contributed by atoms with Gasteiger partial charge in [0.2, 0.25) is 0 Å². The summed E-state index contributed by atoms with van der Waals surface area (Å²) in [6, 6.07) is 171. The van der Waals surface area contributed by atoms with Gasteiger partial charge in [-0.05, 0) is 267 Å². The lowest BCUT2D eigenvalue weighted by Crippen LogP contribution is -2.25. The van der Waals surface area contributed by atoms with Gasteiger partial charge in [-0.15, -0.1) is 0 Å². The molecule has 20 aromatic carbocycles. The summed E-state index contributed by atoms with van der Waals surface area (Å²) >= 11 is 0. The molecule has 0 aliphatic heterocycles. The fourth-order valence-electron chi connectivity index (χ4n) is 24.7. The van der Waals surface area contributed by atoms with Gasteiger partial charge in [0.1, 0.15) is 0 Å². The van der Waals surface area contributed by atoms with Crippen molar-refractivity contribution in [3.63, 3.8) is 0 Å². The van der Waals surface area contributed by atoms with E-state index in [0.29, 0.717) is 0 Å². The summed E-state index contributed by atoms with van der Waals surface area (Å²) in [5, 5.41) is 0. The van der Waals surface area contributed by atoms with Crippen molar-refractivity contribution in [2.24, 2.45) is 0 Å². The molecule has 28 rings (SSSR count). The molecule has 0 heteroatoms. The third kappa shape index (κ3) is 10.3. The largest absolute Gasteiger partial charge is 0.0725 e. The number of rotatable bonds is 4. The number of fused-ring (bicyclic) bond motifs is 40. The molecule has 0 saturated heterocycles. The molecule has 0 fully saturated rings. The van der Waals surface area contributed by atoms with Crippen LogP contribution in [0.3, 0.4) is 0 Å². The standard InChI is InChI=1S/4C32H22/c1-21-10-8-11-22(20-21)23-15-9-19-30-31(23)26-14-4-7-18-29(26)32(30)27-16-5-2-12-24(27)25-13-3-6-17-28(25)32;1-21-17-19-22(20-18-21)23-12-8-16-30-31(23)26-11-4-7-15-29(26)32(30)27-13-5-2-9-24(27)25-10-3-6-14-28(25)32;1-21-11-2-3-12-22(21)25-16-10-20-30-31(25)26-15-6-9-19-29(26)32(30)27-17-7-4-13-23(27)24-14-5-8-18-28(24)32;1-21-10-2-3-11-23(21)22-18-19-27-26-14-6-9-17-30(26)32(31(27)20-22)28-15-7-4-12-24(28)25-13-5-8-16-29(25)32/h4*2-20H,1H3. The van der Waals surface area contributed by atoms with Gasteiger partial charge in [-0.25, -0.2) is 0 Å². The predicted octanol–water partition coefficient (Wildman–Crippen LogP) is 32.0. The van der Waals surface area contributed by atoms with Crippen molar-refractivity contribution in [2.75, 3.05) is 0 Å². The Bertz CT molecular complexity index is 7710. The second-order valence-electron chi connectivity index (χ2n) is 35.9. The van der Waals surface area contributed by atoms with Gasteiger partial charge in [0, 0.05) is 0 Å². The molecule has 20 aromatic rings. The Balaban J connectivity index is 0.0000000926. The lowest BCUT2D eigenvalue weighted by molar-refractivity contribution is 0.794. The summed E-state index contributed by atoms with van der Waals surface area (Å²) in [5.74, 6) is 0. The molecule has 0 atom stereocenters. The average molecular weight is 1630 g/mol. The van der Waals surface area contributed by atoms with Gasteiger partial charge in [0.25, 0.3) is 0 Å². The van der Waals surface area contributed by atoms with Gasteiger partial charge in [-0.1, -0.05) is 466 Å². The van der Waals surface area contributed by atoms with E-state index in [1.54, 1.807) is 0 Å². The molecule has 8 aliphatic carbocycles. The molecular weight excluding hydrogens is 1540 g/mol. The van der Waals surface area contributed by atoms with Crippen LogP contribution in [0.2, 0.25) is 0 Å². The SMILES string of the molecule is Cc1ccc(-c2cccc3c2-c2ccccc2C32c3ccccc3-c3ccccc32)cc1.Cc1cccc(-c2cccc3c2-c2ccccc2C32c3ccccc3-c3ccccc32)c1.Cc1ccccc1-c1ccc2c(c1)C1(c3ccccc3-c3ccccc31)c1ccccc1-2.Cc1ccccc1-c1cccc2c1-c1ccccc1C21c2ccccc2-c2ccccc21. The van der Waals surface area contributed by atoms with E-state index in [2.05, 4.69) is 489 Å². The third-order valence-corrected chi connectivity index (χ3v) is 29.6. The molecule has 4 spiro atoms. The van der Waals surface area contributed by atoms with Gasteiger partial charge >= 0.3 is 0 Å². The Kier molecular flexibility index (Phi) is 17.0.